The Morgan fingerprint density at radius 2 is 1.91 bits per heavy atom. The van der Waals surface area contributed by atoms with E-state index in [9.17, 15) is 4.79 Å². The van der Waals surface area contributed by atoms with Crippen LogP contribution in [0.15, 0.2) is 42.5 Å². The van der Waals surface area contributed by atoms with Gasteiger partial charge in [-0.25, -0.2) is 0 Å². The molecule has 0 saturated heterocycles. The van der Waals surface area contributed by atoms with Crippen LogP contribution in [0.4, 0.5) is 5.69 Å². The molecule has 0 bridgehead atoms. The minimum atomic E-state index is -0.584. The Morgan fingerprint density at radius 3 is 2.59 bits per heavy atom. The van der Waals surface area contributed by atoms with E-state index in [2.05, 4.69) is 5.32 Å². The van der Waals surface area contributed by atoms with Gasteiger partial charge in [-0.15, -0.1) is 0 Å². The highest BCUT2D eigenvalue weighted by atomic mass is 35.5. The zero-order valence-electron chi connectivity index (χ0n) is 13.0. The van der Waals surface area contributed by atoms with E-state index in [0.29, 0.717) is 17.2 Å². The molecule has 0 aliphatic rings. The molecule has 0 spiro atoms. The molecule has 0 unspecified atom stereocenters. The number of rotatable bonds is 5. The summed E-state index contributed by atoms with van der Waals surface area (Å²) >= 11 is 6.08. The number of carbonyl (C=O) groups is 1. The fraction of sp³-hybridized carbons (Fsp3) is 0.278. The molecule has 1 N–H and O–H groups in total. The van der Waals surface area contributed by atoms with Gasteiger partial charge in [0.2, 0.25) is 0 Å². The number of aryl methyl sites for hydroxylation is 1. The van der Waals surface area contributed by atoms with Crippen LogP contribution in [0, 0.1) is 13.8 Å². The van der Waals surface area contributed by atoms with E-state index in [1.807, 2.05) is 51.1 Å². The monoisotopic (exact) mass is 317 g/mol. The van der Waals surface area contributed by atoms with Crippen molar-refractivity contribution in [2.24, 2.45) is 0 Å². The van der Waals surface area contributed by atoms with Crippen LogP contribution in [0.3, 0.4) is 0 Å². The molecular formula is C18H20ClNO2. The number of carbonyl (C=O) groups excluding carboxylic acids is 1. The molecule has 0 heterocycles. The lowest BCUT2D eigenvalue weighted by atomic mass is 10.1. The molecule has 1 amide bonds. The molecule has 0 radical (unpaired) electrons. The SMILES string of the molecule is CC[C@H](Oc1ccccc1Cl)C(=O)Nc1cccc(C)c1C. The van der Waals surface area contributed by atoms with Crippen molar-refractivity contribution in [3.63, 3.8) is 0 Å². The lowest BCUT2D eigenvalue weighted by Crippen LogP contribution is -2.32. The molecule has 0 aromatic heterocycles. The van der Waals surface area contributed by atoms with E-state index >= 15 is 0 Å². The molecular weight excluding hydrogens is 298 g/mol. The van der Waals surface area contributed by atoms with Crippen molar-refractivity contribution in [1.82, 2.24) is 0 Å². The van der Waals surface area contributed by atoms with E-state index in [4.69, 9.17) is 16.3 Å². The van der Waals surface area contributed by atoms with E-state index in [-0.39, 0.29) is 5.91 Å². The van der Waals surface area contributed by atoms with Gasteiger partial charge in [-0.3, -0.25) is 4.79 Å². The Labute approximate surface area is 136 Å². The number of benzene rings is 2. The third-order valence-corrected chi connectivity index (χ3v) is 3.94. The smallest absolute Gasteiger partial charge is 0.265 e. The predicted molar refractivity (Wildman–Crippen MR) is 90.7 cm³/mol. The van der Waals surface area contributed by atoms with Crippen LogP contribution >= 0.6 is 11.6 Å². The van der Waals surface area contributed by atoms with Gasteiger partial charge in [-0.1, -0.05) is 42.8 Å². The van der Waals surface area contributed by atoms with Crippen molar-refractivity contribution >= 4 is 23.2 Å². The van der Waals surface area contributed by atoms with Gasteiger partial charge in [0.05, 0.1) is 5.02 Å². The largest absolute Gasteiger partial charge is 0.479 e. The summed E-state index contributed by atoms with van der Waals surface area (Å²) in [5.41, 5.74) is 3.01. The average molecular weight is 318 g/mol. The van der Waals surface area contributed by atoms with E-state index in [1.54, 1.807) is 12.1 Å². The van der Waals surface area contributed by atoms with E-state index in [0.717, 1.165) is 16.8 Å². The first-order valence-electron chi connectivity index (χ1n) is 7.31. The summed E-state index contributed by atoms with van der Waals surface area (Å²) in [5, 5.41) is 3.44. The van der Waals surface area contributed by atoms with E-state index in [1.165, 1.54) is 0 Å². The van der Waals surface area contributed by atoms with Crippen molar-refractivity contribution < 1.29 is 9.53 Å². The number of anilines is 1. The molecule has 2 aromatic carbocycles. The fourth-order valence-electron chi connectivity index (χ4n) is 2.12. The third kappa shape index (κ3) is 3.80. The lowest BCUT2D eigenvalue weighted by Gasteiger charge is -2.19. The maximum atomic E-state index is 12.4. The van der Waals surface area contributed by atoms with Crippen LogP contribution in [-0.2, 0) is 4.79 Å². The molecule has 0 aliphatic heterocycles. The van der Waals surface area contributed by atoms with Gasteiger partial charge in [0, 0.05) is 5.69 Å². The normalized spacial score (nSPS) is 11.8. The zero-order chi connectivity index (χ0) is 16.1. The topological polar surface area (TPSA) is 38.3 Å². The number of nitrogens with one attached hydrogen (secondary N) is 1. The highest BCUT2D eigenvalue weighted by Gasteiger charge is 2.20. The van der Waals surface area contributed by atoms with Crippen molar-refractivity contribution in [1.29, 1.82) is 0 Å². The van der Waals surface area contributed by atoms with E-state index < -0.39 is 6.10 Å². The molecule has 0 fully saturated rings. The Bertz CT molecular complexity index is 670. The van der Waals surface area contributed by atoms with Crippen molar-refractivity contribution in [3.05, 3.63) is 58.6 Å². The van der Waals surface area contributed by atoms with Crippen molar-refractivity contribution in [2.45, 2.75) is 33.3 Å². The van der Waals surface area contributed by atoms with Crippen LogP contribution < -0.4 is 10.1 Å². The van der Waals surface area contributed by atoms with Crippen LogP contribution in [0.25, 0.3) is 0 Å². The molecule has 1 atom stereocenters. The van der Waals surface area contributed by atoms with Gasteiger partial charge < -0.3 is 10.1 Å². The van der Waals surface area contributed by atoms with Crippen molar-refractivity contribution in [2.75, 3.05) is 5.32 Å². The number of halogens is 1. The quantitative estimate of drug-likeness (QED) is 0.864. The maximum Gasteiger partial charge on any atom is 0.265 e. The average Bonchev–Trinajstić information content (AvgIpc) is 2.51. The summed E-state index contributed by atoms with van der Waals surface area (Å²) in [7, 11) is 0. The van der Waals surface area contributed by atoms with Gasteiger partial charge in [0.25, 0.3) is 5.91 Å². The first-order valence-corrected chi connectivity index (χ1v) is 7.69. The van der Waals surface area contributed by atoms with Gasteiger partial charge in [0.15, 0.2) is 6.10 Å². The van der Waals surface area contributed by atoms with Gasteiger partial charge in [-0.2, -0.15) is 0 Å². The fourth-order valence-corrected chi connectivity index (χ4v) is 2.30. The Morgan fingerprint density at radius 1 is 1.18 bits per heavy atom. The van der Waals surface area contributed by atoms with Gasteiger partial charge in [-0.05, 0) is 49.6 Å². The zero-order valence-corrected chi connectivity index (χ0v) is 13.8. The summed E-state index contributed by atoms with van der Waals surface area (Å²) in [6, 6.07) is 13.0. The number of para-hydroxylation sites is 1. The van der Waals surface area contributed by atoms with Crippen LogP contribution in [-0.4, -0.2) is 12.0 Å². The van der Waals surface area contributed by atoms with Crippen LogP contribution in [0.5, 0.6) is 5.75 Å². The maximum absolute atomic E-state index is 12.4. The summed E-state index contributed by atoms with van der Waals surface area (Å²) in [5.74, 6) is 0.350. The molecule has 0 aliphatic carbocycles. The second-order valence-electron chi connectivity index (χ2n) is 5.18. The first-order chi connectivity index (χ1) is 10.5. The molecule has 2 rings (SSSR count). The van der Waals surface area contributed by atoms with Gasteiger partial charge >= 0.3 is 0 Å². The van der Waals surface area contributed by atoms with Crippen molar-refractivity contribution in [3.8, 4) is 5.75 Å². The summed E-state index contributed by atoms with van der Waals surface area (Å²) in [4.78, 5) is 12.4. The van der Waals surface area contributed by atoms with Gasteiger partial charge in [0.1, 0.15) is 5.75 Å². The van der Waals surface area contributed by atoms with Crippen LogP contribution in [0.2, 0.25) is 5.02 Å². The second-order valence-corrected chi connectivity index (χ2v) is 5.59. The third-order valence-electron chi connectivity index (χ3n) is 3.63. The second kappa shape index (κ2) is 7.32. The first kappa shape index (κ1) is 16.4. The molecule has 3 nitrogen and oxygen atoms in total. The molecule has 22 heavy (non-hydrogen) atoms. The molecule has 116 valence electrons. The standard InChI is InChI=1S/C18H20ClNO2/c1-4-16(22-17-11-6-5-9-14(17)19)18(21)20-15-10-7-8-12(2)13(15)3/h5-11,16H,4H2,1-3H3,(H,20,21)/t16-/m0/s1. The number of amides is 1. The van der Waals surface area contributed by atoms with Crippen LogP contribution in [0.1, 0.15) is 24.5 Å². The Balaban J connectivity index is 2.12. The lowest BCUT2D eigenvalue weighted by molar-refractivity contribution is -0.122. The summed E-state index contributed by atoms with van der Waals surface area (Å²) < 4.78 is 5.75. The predicted octanol–water partition coefficient (Wildman–Crippen LogP) is 4.75. The minimum Gasteiger partial charge on any atom is -0.479 e. The summed E-state index contributed by atoms with van der Waals surface area (Å²) in [6.45, 7) is 5.91. The molecule has 4 heteroatoms. The highest BCUT2D eigenvalue weighted by molar-refractivity contribution is 6.32. The molecule has 0 saturated carbocycles. The Kier molecular flexibility index (Phi) is 5.45. The number of ether oxygens (including phenoxy) is 1. The number of hydrogen-bond donors (Lipinski definition) is 1. The summed E-state index contributed by atoms with van der Waals surface area (Å²) in [6.07, 6.45) is -0.0260. The molecule has 2 aromatic rings. The number of hydrogen-bond acceptors (Lipinski definition) is 2. The highest BCUT2D eigenvalue weighted by Crippen LogP contribution is 2.25. The Hall–Kier alpha value is -2.00. The minimum absolute atomic E-state index is 0.170.